The number of alkyl halides is 1. The minimum atomic E-state index is -3.67. The van der Waals surface area contributed by atoms with Gasteiger partial charge in [0, 0.05) is 0 Å². The second kappa shape index (κ2) is 4.57. The number of benzene rings is 1. The van der Waals surface area contributed by atoms with Crippen molar-refractivity contribution < 1.29 is 13.3 Å². The van der Waals surface area contributed by atoms with Gasteiger partial charge in [0.1, 0.15) is 5.60 Å². The minimum absolute atomic E-state index is 0.0105. The summed E-state index contributed by atoms with van der Waals surface area (Å²) in [4.78, 5) is 5.14. The van der Waals surface area contributed by atoms with Gasteiger partial charge in [-0.25, -0.2) is 8.42 Å². The van der Waals surface area contributed by atoms with Crippen molar-refractivity contribution in [3.63, 3.8) is 0 Å². The Morgan fingerprint density at radius 3 is 2.39 bits per heavy atom. The molecule has 1 aliphatic heterocycles. The van der Waals surface area contributed by atoms with E-state index in [1.54, 1.807) is 44.2 Å². The van der Waals surface area contributed by atoms with Gasteiger partial charge in [-0.2, -0.15) is 0 Å². The second-order valence-electron chi connectivity index (χ2n) is 4.59. The van der Waals surface area contributed by atoms with E-state index < -0.39 is 20.1 Å². The second-order valence-corrected chi connectivity index (χ2v) is 7.28. The van der Waals surface area contributed by atoms with E-state index >= 15 is 0 Å². The summed E-state index contributed by atoms with van der Waals surface area (Å²) in [5, 5.41) is 0.0105. The van der Waals surface area contributed by atoms with Gasteiger partial charge in [0.25, 0.3) is 0 Å². The predicted octanol–water partition coefficient (Wildman–Crippen LogP) is 2.49. The van der Waals surface area contributed by atoms with Crippen molar-refractivity contribution in [2.24, 2.45) is 0 Å². The first-order valence-electron chi connectivity index (χ1n) is 5.43. The van der Waals surface area contributed by atoms with Crippen molar-refractivity contribution in [1.29, 1.82) is 0 Å². The summed E-state index contributed by atoms with van der Waals surface area (Å²) in [5.41, 5.74) is 2.30. The third-order valence-corrected chi connectivity index (χ3v) is 5.12. The van der Waals surface area contributed by atoms with Crippen LogP contribution in [0.4, 0.5) is 0 Å². The molecule has 1 atom stereocenters. The molecule has 18 heavy (non-hydrogen) atoms. The summed E-state index contributed by atoms with van der Waals surface area (Å²) in [6.45, 7) is 3.52. The van der Waals surface area contributed by atoms with Crippen molar-refractivity contribution in [3.8, 4) is 0 Å². The fourth-order valence-electron chi connectivity index (χ4n) is 1.59. The Kier molecular flexibility index (Phi) is 3.40. The van der Waals surface area contributed by atoms with Gasteiger partial charge in [-0.15, -0.1) is 0 Å². The smallest absolute Gasteiger partial charge is 0.216 e. The molecule has 1 unspecified atom stereocenters. The van der Waals surface area contributed by atoms with Crippen molar-refractivity contribution in [2.45, 2.75) is 24.2 Å². The van der Waals surface area contributed by atoms with Crippen LogP contribution >= 0.6 is 11.6 Å². The zero-order valence-electron chi connectivity index (χ0n) is 10.1. The molecule has 0 aromatic heterocycles. The van der Waals surface area contributed by atoms with Gasteiger partial charge in [0.05, 0.1) is 0 Å². The van der Waals surface area contributed by atoms with E-state index in [0.29, 0.717) is 5.56 Å². The molecular weight excluding hydrogens is 274 g/mol. The summed E-state index contributed by atoms with van der Waals surface area (Å²) < 4.78 is 23.4. The molecule has 6 heteroatoms. The summed E-state index contributed by atoms with van der Waals surface area (Å²) >= 11 is 6.05. The van der Waals surface area contributed by atoms with Crippen LogP contribution in [0.2, 0.25) is 0 Å². The predicted molar refractivity (Wildman–Crippen MR) is 70.3 cm³/mol. The summed E-state index contributed by atoms with van der Waals surface area (Å²) in [7, 11) is -3.67. The standard InChI is InChI=1S/C12H14ClNO3S/c1-12(2)8-10(14-17-12)18(15,16)11(13)9-6-4-3-5-7-9/h3-8,11,14H,1-2H3. The maximum absolute atomic E-state index is 12.3. The highest BCUT2D eigenvalue weighted by molar-refractivity contribution is 7.96. The summed E-state index contributed by atoms with van der Waals surface area (Å²) in [6.07, 6.45) is 1.51. The Balaban J connectivity index is 2.34. The molecular formula is C12H14ClNO3S. The molecule has 0 amide bonds. The van der Waals surface area contributed by atoms with Crippen LogP contribution in [0.3, 0.4) is 0 Å². The molecule has 0 saturated carbocycles. The van der Waals surface area contributed by atoms with Gasteiger partial charge < -0.3 is 0 Å². The van der Waals surface area contributed by atoms with Crippen molar-refractivity contribution in [1.82, 2.24) is 5.48 Å². The van der Waals surface area contributed by atoms with Gasteiger partial charge in [-0.05, 0) is 25.5 Å². The molecule has 2 rings (SSSR count). The molecule has 0 fully saturated rings. The molecule has 98 valence electrons. The molecule has 1 aromatic rings. The lowest BCUT2D eigenvalue weighted by molar-refractivity contribution is -0.0129. The van der Waals surface area contributed by atoms with E-state index in [-0.39, 0.29) is 5.03 Å². The summed E-state index contributed by atoms with van der Waals surface area (Å²) in [5.74, 6) is 0. The Hall–Kier alpha value is -1.04. The number of nitrogens with one attached hydrogen (secondary N) is 1. The number of hydrogen-bond donors (Lipinski definition) is 1. The molecule has 0 aliphatic carbocycles. The Morgan fingerprint density at radius 1 is 1.28 bits per heavy atom. The molecule has 0 spiro atoms. The largest absolute Gasteiger partial charge is 0.265 e. The highest BCUT2D eigenvalue weighted by Gasteiger charge is 2.36. The fourth-order valence-corrected chi connectivity index (χ4v) is 3.37. The maximum atomic E-state index is 12.3. The average Bonchev–Trinajstić information content (AvgIpc) is 2.70. The van der Waals surface area contributed by atoms with Crippen LogP contribution in [-0.4, -0.2) is 14.0 Å². The Labute approximate surface area is 111 Å². The molecule has 1 aromatic carbocycles. The SMILES string of the molecule is CC1(C)C=C(S(=O)(=O)C(Cl)c2ccccc2)NO1. The molecule has 4 nitrogen and oxygen atoms in total. The highest BCUT2D eigenvalue weighted by Crippen LogP contribution is 2.34. The van der Waals surface area contributed by atoms with Crippen LogP contribution in [-0.2, 0) is 14.7 Å². The fraction of sp³-hybridized carbons (Fsp3) is 0.333. The first-order chi connectivity index (χ1) is 8.33. The van der Waals surface area contributed by atoms with E-state index in [1.807, 2.05) is 0 Å². The van der Waals surface area contributed by atoms with Gasteiger partial charge in [-0.1, -0.05) is 41.9 Å². The number of sulfone groups is 1. The average molecular weight is 288 g/mol. The zero-order chi connectivity index (χ0) is 13.4. The van der Waals surface area contributed by atoms with Crippen LogP contribution in [0.5, 0.6) is 0 Å². The van der Waals surface area contributed by atoms with Crippen LogP contribution in [0.25, 0.3) is 0 Å². The Morgan fingerprint density at radius 2 is 1.89 bits per heavy atom. The number of hydroxylamine groups is 1. The first-order valence-corrected chi connectivity index (χ1v) is 7.41. The van der Waals surface area contributed by atoms with Gasteiger partial charge >= 0.3 is 0 Å². The highest BCUT2D eigenvalue weighted by atomic mass is 35.5. The van der Waals surface area contributed by atoms with Crippen LogP contribution < -0.4 is 5.48 Å². The lowest BCUT2D eigenvalue weighted by atomic mass is 10.1. The Bertz CT molecular complexity index is 566. The van der Waals surface area contributed by atoms with Crippen LogP contribution in [0.15, 0.2) is 41.4 Å². The number of hydrogen-bond acceptors (Lipinski definition) is 4. The van der Waals surface area contributed by atoms with E-state index in [4.69, 9.17) is 16.4 Å². The van der Waals surface area contributed by atoms with Crippen molar-refractivity contribution >= 4 is 21.4 Å². The minimum Gasteiger partial charge on any atom is -0.265 e. The molecule has 0 bridgehead atoms. The van der Waals surface area contributed by atoms with E-state index in [9.17, 15) is 8.42 Å². The topological polar surface area (TPSA) is 55.4 Å². The van der Waals surface area contributed by atoms with E-state index in [2.05, 4.69) is 5.48 Å². The maximum Gasteiger partial charge on any atom is 0.216 e. The van der Waals surface area contributed by atoms with Crippen molar-refractivity contribution in [2.75, 3.05) is 0 Å². The zero-order valence-corrected chi connectivity index (χ0v) is 11.6. The van der Waals surface area contributed by atoms with Gasteiger partial charge in [-0.3, -0.25) is 10.3 Å². The molecule has 1 aliphatic rings. The lowest BCUT2D eigenvalue weighted by Gasteiger charge is -2.12. The molecule has 0 radical (unpaired) electrons. The molecule has 1 N–H and O–H groups in total. The normalized spacial score (nSPS) is 20.1. The van der Waals surface area contributed by atoms with E-state index in [1.165, 1.54) is 6.08 Å². The monoisotopic (exact) mass is 287 g/mol. The van der Waals surface area contributed by atoms with Crippen molar-refractivity contribution in [3.05, 3.63) is 47.0 Å². The third kappa shape index (κ3) is 2.53. The quantitative estimate of drug-likeness (QED) is 0.868. The van der Waals surface area contributed by atoms with Gasteiger partial charge in [0.2, 0.25) is 9.84 Å². The lowest BCUT2D eigenvalue weighted by Crippen LogP contribution is -2.23. The molecule has 1 heterocycles. The number of halogens is 1. The van der Waals surface area contributed by atoms with Crippen LogP contribution in [0.1, 0.15) is 24.1 Å². The van der Waals surface area contributed by atoms with Gasteiger partial charge in [0.15, 0.2) is 9.74 Å². The van der Waals surface area contributed by atoms with Crippen LogP contribution in [0, 0.1) is 0 Å². The van der Waals surface area contributed by atoms with E-state index in [0.717, 1.165) is 0 Å². The first kappa shape index (κ1) is 13.4. The number of rotatable bonds is 3. The summed E-state index contributed by atoms with van der Waals surface area (Å²) in [6, 6.07) is 8.65. The third-order valence-electron chi connectivity index (χ3n) is 2.53. The molecule has 0 saturated heterocycles.